The molecule has 170 valence electrons. The number of benzene rings is 2. The van der Waals surface area contributed by atoms with Crippen molar-refractivity contribution in [3.63, 3.8) is 0 Å². The molecular weight excluding hydrogens is 428 g/mol. The molecule has 1 fully saturated rings. The highest BCUT2D eigenvalue weighted by Crippen LogP contribution is 2.39. The Bertz CT molecular complexity index is 1090. The summed E-state index contributed by atoms with van der Waals surface area (Å²) in [6.07, 6.45) is 3.74. The van der Waals surface area contributed by atoms with E-state index in [0.717, 1.165) is 32.2 Å². The molecule has 4 nitrogen and oxygen atoms in total. The maximum atomic E-state index is 13.7. The van der Waals surface area contributed by atoms with Crippen molar-refractivity contribution in [2.75, 3.05) is 19.6 Å². The predicted molar refractivity (Wildman–Crippen MR) is 132 cm³/mol. The van der Waals surface area contributed by atoms with E-state index in [2.05, 4.69) is 52.7 Å². The zero-order valence-corrected chi connectivity index (χ0v) is 19.7. The third-order valence-electron chi connectivity index (χ3n) is 7.03. The van der Waals surface area contributed by atoms with Gasteiger partial charge in [-0.2, -0.15) is 0 Å². The fourth-order valence-corrected chi connectivity index (χ4v) is 6.12. The van der Waals surface area contributed by atoms with Gasteiger partial charge in [0.25, 0.3) is 0 Å². The number of nitrogens with zero attached hydrogens (tertiary/aromatic N) is 2. The molecule has 2 aliphatic heterocycles. The molecule has 1 atom stereocenters. The van der Waals surface area contributed by atoms with Gasteiger partial charge in [0.2, 0.25) is 11.8 Å². The highest BCUT2D eigenvalue weighted by atomic mass is 32.1. The summed E-state index contributed by atoms with van der Waals surface area (Å²) in [5.74, 6) is 0.444. The Balaban J connectivity index is 1.22. The van der Waals surface area contributed by atoms with Crippen molar-refractivity contribution in [1.82, 2.24) is 9.80 Å². The zero-order valence-electron chi connectivity index (χ0n) is 18.9. The van der Waals surface area contributed by atoms with E-state index in [1.165, 1.54) is 21.6 Å². The second kappa shape index (κ2) is 9.92. The van der Waals surface area contributed by atoms with Crippen LogP contribution < -0.4 is 0 Å². The molecule has 2 amide bonds. The molecule has 0 N–H and O–H groups in total. The molecule has 5 heteroatoms. The van der Waals surface area contributed by atoms with Crippen LogP contribution in [0.2, 0.25) is 0 Å². The predicted octanol–water partition coefficient (Wildman–Crippen LogP) is 5.09. The number of hydrogen-bond donors (Lipinski definition) is 0. The quantitative estimate of drug-likeness (QED) is 0.534. The first-order valence-corrected chi connectivity index (χ1v) is 12.8. The van der Waals surface area contributed by atoms with Gasteiger partial charge in [-0.05, 0) is 53.8 Å². The lowest BCUT2D eigenvalue weighted by atomic mass is 9.89. The SMILES string of the molecule is O=C(CCc1ccccc1)N1CCC(C(=O)N2CCc3sccc3C2c2ccccc2)CC1. The number of likely N-dealkylation sites (tertiary alicyclic amines) is 1. The second-order valence-corrected chi connectivity index (χ2v) is 10.0. The van der Waals surface area contributed by atoms with Gasteiger partial charge in [0.05, 0.1) is 6.04 Å². The van der Waals surface area contributed by atoms with Crippen molar-refractivity contribution < 1.29 is 9.59 Å². The fraction of sp³-hybridized carbons (Fsp3) is 0.357. The van der Waals surface area contributed by atoms with Gasteiger partial charge in [0.1, 0.15) is 0 Å². The summed E-state index contributed by atoms with van der Waals surface area (Å²) >= 11 is 1.80. The van der Waals surface area contributed by atoms with Crippen LogP contribution in [0.1, 0.15) is 46.9 Å². The van der Waals surface area contributed by atoms with E-state index in [0.29, 0.717) is 19.5 Å². The van der Waals surface area contributed by atoms with Crippen LogP contribution in [0, 0.1) is 5.92 Å². The Morgan fingerprint density at radius 3 is 2.30 bits per heavy atom. The highest BCUT2D eigenvalue weighted by molar-refractivity contribution is 7.10. The van der Waals surface area contributed by atoms with Crippen molar-refractivity contribution >= 4 is 23.2 Å². The van der Waals surface area contributed by atoms with Gasteiger partial charge < -0.3 is 9.80 Å². The number of piperidine rings is 1. The van der Waals surface area contributed by atoms with E-state index in [-0.39, 0.29) is 23.8 Å². The molecule has 0 saturated carbocycles. The van der Waals surface area contributed by atoms with E-state index in [1.54, 1.807) is 11.3 Å². The zero-order chi connectivity index (χ0) is 22.6. The summed E-state index contributed by atoms with van der Waals surface area (Å²) in [6.45, 7) is 2.12. The monoisotopic (exact) mass is 458 g/mol. The number of rotatable bonds is 5. The van der Waals surface area contributed by atoms with Gasteiger partial charge in [0, 0.05) is 36.9 Å². The Labute approximate surface area is 199 Å². The lowest BCUT2D eigenvalue weighted by Gasteiger charge is -2.40. The molecule has 0 aliphatic carbocycles. The second-order valence-electron chi connectivity index (χ2n) is 9.03. The summed E-state index contributed by atoms with van der Waals surface area (Å²) in [7, 11) is 0. The van der Waals surface area contributed by atoms with Crippen molar-refractivity contribution in [1.29, 1.82) is 0 Å². The number of fused-ring (bicyclic) bond motifs is 1. The molecule has 5 rings (SSSR count). The summed E-state index contributed by atoms with van der Waals surface area (Å²) in [4.78, 5) is 31.9. The largest absolute Gasteiger partial charge is 0.343 e. The highest BCUT2D eigenvalue weighted by Gasteiger charge is 2.37. The Morgan fingerprint density at radius 2 is 1.58 bits per heavy atom. The van der Waals surface area contributed by atoms with Crippen molar-refractivity contribution in [3.8, 4) is 0 Å². The maximum Gasteiger partial charge on any atom is 0.226 e. The molecule has 3 heterocycles. The summed E-state index contributed by atoms with van der Waals surface area (Å²) < 4.78 is 0. The number of carbonyl (C=O) groups excluding carboxylic acids is 2. The third kappa shape index (κ3) is 4.74. The van der Waals surface area contributed by atoms with Gasteiger partial charge >= 0.3 is 0 Å². The molecule has 0 bridgehead atoms. The van der Waals surface area contributed by atoms with Crippen molar-refractivity contribution in [2.24, 2.45) is 5.92 Å². The Kier molecular flexibility index (Phi) is 6.58. The van der Waals surface area contributed by atoms with Crippen LogP contribution in [0.25, 0.3) is 0 Å². The van der Waals surface area contributed by atoms with E-state index < -0.39 is 0 Å². The lowest BCUT2D eigenvalue weighted by molar-refractivity contribution is -0.142. The Morgan fingerprint density at radius 1 is 0.879 bits per heavy atom. The van der Waals surface area contributed by atoms with Gasteiger partial charge in [0.15, 0.2) is 0 Å². The molecule has 0 radical (unpaired) electrons. The minimum Gasteiger partial charge on any atom is -0.343 e. The van der Waals surface area contributed by atoms with Crippen LogP contribution in [0.3, 0.4) is 0 Å². The number of aryl methyl sites for hydroxylation is 1. The molecule has 2 aromatic carbocycles. The van der Waals surface area contributed by atoms with Gasteiger partial charge in [-0.3, -0.25) is 9.59 Å². The van der Waals surface area contributed by atoms with Crippen molar-refractivity contribution in [3.05, 3.63) is 93.7 Å². The first-order valence-electron chi connectivity index (χ1n) is 11.9. The minimum atomic E-state index is -0.00503. The fourth-order valence-electron chi connectivity index (χ4n) is 5.21. The first kappa shape index (κ1) is 21.9. The first-order chi connectivity index (χ1) is 16.2. The number of carbonyl (C=O) groups is 2. The van der Waals surface area contributed by atoms with Crippen LogP contribution in [0.5, 0.6) is 0 Å². The van der Waals surface area contributed by atoms with E-state index in [4.69, 9.17) is 0 Å². The van der Waals surface area contributed by atoms with Gasteiger partial charge in [-0.25, -0.2) is 0 Å². The summed E-state index contributed by atoms with van der Waals surface area (Å²) in [6, 6.07) is 22.7. The smallest absolute Gasteiger partial charge is 0.226 e. The normalized spacial score (nSPS) is 18.7. The molecule has 1 saturated heterocycles. The molecule has 1 aromatic heterocycles. The van der Waals surface area contributed by atoms with Crippen LogP contribution in [-0.4, -0.2) is 41.2 Å². The third-order valence-corrected chi connectivity index (χ3v) is 8.03. The van der Waals surface area contributed by atoms with Crippen LogP contribution in [0.15, 0.2) is 72.1 Å². The molecule has 2 aliphatic rings. The summed E-state index contributed by atoms with van der Waals surface area (Å²) in [5.41, 5.74) is 3.65. The van der Waals surface area contributed by atoms with Crippen LogP contribution in [0.4, 0.5) is 0 Å². The lowest BCUT2D eigenvalue weighted by Crippen LogP contribution is -2.47. The Hall–Kier alpha value is -2.92. The van der Waals surface area contributed by atoms with Crippen LogP contribution >= 0.6 is 11.3 Å². The number of thiophene rings is 1. The number of hydrogen-bond acceptors (Lipinski definition) is 3. The summed E-state index contributed by atoms with van der Waals surface area (Å²) in [5, 5.41) is 2.15. The van der Waals surface area contributed by atoms with E-state index >= 15 is 0 Å². The maximum absolute atomic E-state index is 13.7. The average molecular weight is 459 g/mol. The molecule has 0 spiro atoms. The standard InChI is InChI=1S/C28H30N2O2S/c31-26(12-11-21-7-3-1-4-8-21)29-17-13-23(14-18-29)28(32)30-19-15-25-24(16-20-33-25)27(30)22-9-5-2-6-10-22/h1-10,16,20,23,27H,11-15,17-19H2. The topological polar surface area (TPSA) is 40.6 Å². The number of amides is 2. The van der Waals surface area contributed by atoms with Crippen LogP contribution in [-0.2, 0) is 22.4 Å². The van der Waals surface area contributed by atoms with Gasteiger partial charge in [-0.1, -0.05) is 60.7 Å². The van der Waals surface area contributed by atoms with E-state index in [1.807, 2.05) is 29.2 Å². The molecule has 3 aromatic rings. The molecule has 1 unspecified atom stereocenters. The minimum absolute atomic E-state index is 0.000709. The van der Waals surface area contributed by atoms with Crippen molar-refractivity contribution in [2.45, 2.75) is 38.1 Å². The molecule has 33 heavy (non-hydrogen) atoms. The van der Waals surface area contributed by atoms with E-state index in [9.17, 15) is 9.59 Å². The average Bonchev–Trinajstić information content (AvgIpc) is 3.36. The van der Waals surface area contributed by atoms with Gasteiger partial charge in [-0.15, -0.1) is 11.3 Å². The molecular formula is C28H30N2O2S.